The van der Waals surface area contributed by atoms with Gasteiger partial charge in [0.15, 0.2) is 0 Å². The third-order valence-corrected chi connectivity index (χ3v) is 8.46. The van der Waals surface area contributed by atoms with Crippen LogP contribution in [0.1, 0.15) is 0 Å². The topological polar surface area (TPSA) is 0 Å². The summed E-state index contributed by atoms with van der Waals surface area (Å²) in [6, 6.07) is 17.1. The van der Waals surface area contributed by atoms with Crippen LogP contribution in [0.2, 0.25) is 0 Å². The number of hydrogen-bond acceptors (Lipinski definition) is 6. The van der Waals surface area contributed by atoms with Gasteiger partial charge in [-0.1, -0.05) is 24.3 Å². The van der Waals surface area contributed by atoms with E-state index in [2.05, 4.69) is 86.4 Å². The molecule has 0 aliphatic carbocycles. The predicted octanol–water partition coefficient (Wildman–Crippen LogP) is 8.03. The van der Waals surface area contributed by atoms with E-state index < -0.39 is 0 Å². The monoisotopic (exact) mass is 470 g/mol. The van der Waals surface area contributed by atoms with E-state index in [1.54, 1.807) is 0 Å². The fourth-order valence-electron chi connectivity index (χ4n) is 3.83. The van der Waals surface area contributed by atoms with Crippen LogP contribution < -0.4 is 0 Å². The van der Waals surface area contributed by atoms with Crippen molar-refractivity contribution in [2.24, 2.45) is 0 Å². The lowest BCUT2D eigenvalue weighted by Gasteiger charge is -2.17. The SMILES string of the molecule is Sc1c(S)c(S)c2c(S)c3c(S)c4cc5ccccc5cc4cc3cc2c1S. The van der Waals surface area contributed by atoms with Crippen molar-refractivity contribution < 1.29 is 0 Å². The van der Waals surface area contributed by atoms with Crippen molar-refractivity contribution in [1.82, 2.24) is 0 Å². The van der Waals surface area contributed by atoms with E-state index in [0.717, 1.165) is 51.9 Å². The third-order valence-electron chi connectivity index (χ3n) is 5.22. The van der Waals surface area contributed by atoms with Gasteiger partial charge in [-0.15, -0.1) is 75.8 Å². The first-order chi connectivity index (χ1) is 13.4. The van der Waals surface area contributed by atoms with Gasteiger partial charge in [0.25, 0.3) is 0 Å². The highest BCUT2D eigenvalue weighted by molar-refractivity contribution is 7.86. The van der Waals surface area contributed by atoms with Crippen LogP contribution in [0.3, 0.4) is 0 Å². The Bertz CT molecular complexity index is 1470. The molecule has 0 nitrogen and oxygen atoms in total. The maximum absolute atomic E-state index is 4.92. The number of thiol groups is 6. The maximum Gasteiger partial charge on any atom is 0.0326 e. The fraction of sp³-hybridized carbons (Fsp3) is 0. The van der Waals surface area contributed by atoms with Crippen molar-refractivity contribution >= 4 is 119 Å². The molecule has 0 bridgehead atoms. The molecular weight excluding hydrogens is 457 g/mol. The Hall–Kier alpha value is -0.760. The van der Waals surface area contributed by atoms with Crippen molar-refractivity contribution in [2.75, 3.05) is 0 Å². The molecule has 0 N–H and O–H groups in total. The van der Waals surface area contributed by atoms with Gasteiger partial charge in [-0.3, -0.25) is 0 Å². The summed E-state index contributed by atoms with van der Waals surface area (Å²) in [5.74, 6) is 0. The molecule has 0 aromatic heterocycles. The van der Waals surface area contributed by atoms with Gasteiger partial charge in [0.1, 0.15) is 0 Å². The number of rotatable bonds is 0. The molecule has 0 amide bonds. The molecule has 0 radical (unpaired) electrons. The summed E-state index contributed by atoms with van der Waals surface area (Å²) in [7, 11) is 0. The van der Waals surface area contributed by atoms with Crippen molar-refractivity contribution in [2.45, 2.75) is 29.4 Å². The van der Waals surface area contributed by atoms with Gasteiger partial charge >= 0.3 is 0 Å². The molecule has 0 atom stereocenters. The van der Waals surface area contributed by atoms with E-state index in [1.165, 1.54) is 10.8 Å². The molecular formula is C22H14S6. The van der Waals surface area contributed by atoms with Crippen LogP contribution in [-0.4, -0.2) is 0 Å². The van der Waals surface area contributed by atoms with Crippen molar-refractivity contribution in [1.29, 1.82) is 0 Å². The zero-order chi connectivity index (χ0) is 19.7. The van der Waals surface area contributed by atoms with E-state index in [4.69, 9.17) is 37.9 Å². The van der Waals surface area contributed by atoms with Crippen LogP contribution in [0.5, 0.6) is 0 Å². The average molecular weight is 471 g/mol. The predicted molar refractivity (Wildman–Crippen MR) is 140 cm³/mol. The summed E-state index contributed by atoms with van der Waals surface area (Å²) < 4.78 is 0. The highest BCUT2D eigenvalue weighted by atomic mass is 32.1. The molecule has 0 saturated heterocycles. The minimum Gasteiger partial charge on any atom is -0.142 e. The van der Waals surface area contributed by atoms with E-state index in [9.17, 15) is 0 Å². The van der Waals surface area contributed by atoms with Gasteiger partial charge in [0.05, 0.1) is 0 Å². The van der Waals surface area contributed by atoms with Gasteiger partial charge in [0.2, 0.25) is 0 Å². The molecule has 0 spiro atoms. The summed E-state index contributed by atoms with van der Waals surface area (Å²) >= 11 is 28.3. The summed E-state index contributed by atoms with van der Waals surface area (Å²) in [5.41, 5.74) is 0. The first-order valence-corrected chi connectivity index (χ1v) is 11.2. The van der Waals surface area contributed by atoms with Gasteiger partial charge in [0, 0.05) is 40.1 Å². The molecule has 6 heteroatoms. The first kappa shape index (κ1) is 19.2. The van der Waals surface area contributed by atoms with Crippen LogP contribution in [0.25, 0.3) is 43.1 Å². The zero-order valence-corrected chi connectivity index (χ0v) is 19.7. The maximum atomic E-state index is 4.92. The molecule has 5 aromatic carbocycles. The second kappa shape index (κ2) is 6.89. The van der Waals surface area contributed by atoms with E-state index in [0.29, 0.717) is 9.79 Å². The normalized spacial score (nSPS) is 11.9. The van der Waals surface area contributed by atoms with Crippen LogP contribution in [0, 0.1) is 0 Å². The fourth-order valence-corrected chi connectivity index (χ4v) is 6.18. The van der Waals surface area contributed by atoms with Crippen LogP contribution >= 0.6 is 75.8 Å². The average Bonchev–Trinajstić information content (AvgIpc) is 2.69. The van der Waals surface area contributed by atoms with Gasteiger partial charge in [-0.25, -0.2) is 0 Å². The minimum absolute atomic E-state index is 0.700. The zero-order valence-electron chi connectivity index (χ0n) is 14.3. The van der Waals surface area contributed by atoms with E-state index >= 15 is 0 Å². The molecule has 5 aromatic rings. The Balaban J connectivity index is 2.04. The lowest BCUT2D eigenvalue weighted by molar-refractivity contribution is 1.09. The first-order valence-electron chi connectivity index (χ1n) is 8.48. The Morgan fingerprint density at radius 1 is 0.393 bits per heavy atom. The smallest absolute Gasteiger partial charge is 0.0326 e. The third kappa shape index (κ3) is 2.69. The van der Waals surface area contributed by atoms with E-state index in [1.807, 2.05) is 0 Å². The summed E-state index contributed by atoms with van der Waals surface area (Å²) in [6.45, 7) is 0. The standard InChI is InChI=1S/C22H14S6/c23-17-13-7-10-4-2-1-3-9(10)5-11(13)6-12-8-14-16(19(25)15(12)17)20(26)22(28)21(27)18(14)24/h1-8,23-28H. The number of hydrogen-bond donors (Lipinski definition) is 6. The van der Waals surface area contributed by atoms with E-state index in [-0.39, 0.29) is 0 Å². The molecule has 0 aliphatic heterocycles. The Kier molecular flexibility index (Phi) is 4.73. The van der Waals surface area contributed by atoms with Crippen LogP contribution in [0.15, 0.2) is 77.9 Å². The number of benzene rings is 5. The molecule has 0 aliphatic rings. The second-order valence-electron chi connectivity index (χ2n) is 6.79. The van der Waals surface area contributed by atoms with Crippen molar-refractivity contribution in [3.05, 3.63) is 48.5 Å². The van der Waals surface area contributed by atoms with Crippen LogP contribution in [-0.2, 0) is 0 Å². The Labute approximate surface area is 195 Å². The lowest BCUT2D eigenvalue weighted by Crippen LogP contribution is -1.90. The minimum atomic E-state index is 0.700. The molecule has 28 heavy (non-hydrogen) atoms. The molecule has 0 heterocycles. The lowest BCUT2D eigenvalue weighted by atomic mass is 9.97. The molecule has 0 fully saturated rings. The van der Waals surface area contributed by atoms with Crippen molar-refractivity contribution in [3.8, 4) is 0 Å². The quantitative estimate of drug-likeness (QED) is 0.0958. The van der Waals surface area contributed by atoms with Crippen LogP contribution in [0.4, 0.5) is 0 Å². The highest BCUT2D eigenvalue weighted by Gasteiger charge is 2.18. The largest absolute Gasteiger partial charge is 0.142 e. The Morgan fingerprint density at radius 3 is 1.68 bits per heavy atom. The van der Waals surface area contributed by atoms with Gasteiger partial charge in [-0.2, -0.15) is 0 Å². The van der Waals surface area contributed by atoms with Crippen molar-refractivity contribution in [3.63, 3.8) is 0 Å². The summed E-state index contributed by atoms with van der Waals surface area (Å²) in [4.78, 5) is 4.68. The molecule has 0 saturated carbocycles. The second-order valence-corrected chi connectivity index (χ2v) is 9.47. The molecule has 5 rings (SSSR count). The van der Waals surface area contributed by atoms with Gasteiger partial charge < -0.3 is 0 Å². The highest BCUT2D eigenvalue weighted by Crippen LogP contribution is 2.46. The van der Waals surface area contributed by atoms with Gasteiger partial charge in [-0.05, 0) is 56.6 Å². The Morgan fingerprint density at radius 2 is 0.964 bits per heavy atom. The summed E-state index contributed by atoms with van der Waals surface area (Å²) in [5, 5.41) is 8.59. The number of fused-ring (bicyclic) bond motifs is 4. The molecule has 138 valence electrons. The summed E-state index contributed by atoms with van der Waals surface area (Å²) in [6.07, 6.45) is 0. The molecule has 0 unspecified atom stereocenters.